The van der Waals surface area contributed by atoms with Crippen LogP contribution in [0.15, 0.2) is 28.8 Å². The lowest BCUT2D eigenvalue weighted by atomic mass is 10.1. The lowest BCUT2D eigenvalue weighted by molar-refractivity contribution is 0.268. The molecule has 1 aromatic carbocycles. The molecule has 0 fully saturated rings. The molecule has 0 bridgehead atoms. The van der Waals surface area contributed by atoms with E-state index in [0.717, 1.165) is 28.2 Å². The summed E-state index contributed by atoms with van der Waals surface area (Å²) < 4.78 is 6.87. The Morgan fingerprint density at radius 2 is 2.08 bits per heavy atom. The second-order valence-electron chi connectivity index (χ2n) is 5.67. The van der Waals surface area contributed by atoms with Gasteiger partial charge in [-0.2, -0.15) is 10.1 Å². The van der Waals surface area contributed by atoms with E-state index in [-0.39, 0.29) is 6.61 Å². The van der Waals surface area contributed by atoms with Crippen LogP contribution >= 0.6 is 0 Å². The highest BCUT2D eigenvalue weighted by molar-refractivity contribution is 5.62. The van der Waals surface area contributed by atoms with E-state index in [9.17, 15) is 0 Å². The van der Waals surface area contributed by atoms with Gasteiger partial charge < -0.3 is 14.9 Å². The summed E-state index contributed by atoms with van der Waals surface area (Å²) in [6.45, 7) is 7.04. The van der Waals surface area contributed by atoms with E-state index in [1.54, 1.807) is 6.92 Å². The molecule has 0 saturated heterocycles. The molecule has 0 aliphatic heterocycles. The zero-order valence-electron chi connectivity index (χ0n) is 14.1. The SMILES string of the molecule is Cc1nc(-c2cccc(NCc3c(C)nn(CCO)c3C)c2)no1. The van der Waals surface area contributed by atoms with Gasteiger partial charge in [-0.25, -0.2) is 0 Å². The Morgan fingerprint density at radius 1 is 1.25 bits per heavy atom. The van der Waals surface area contributed by atoms with E-state index in [4.69, 9.17) is 9.63 Å². The third kappa shape index (κ3) is 3.30. The summed E-state index contributed by atoms with van der Waals surface area (Å²) in [6, 6.07) is 7.90. The maximum Gasteiger partial charge on any atom is 0.223 e. The smallest absolute Gasteiger partial charge is 0.223 e. The Kier molecular flexibility index (Phi) is 4.61. The van der Waals surface area contributed by atoms with Crippen molar-refractivity contribution in [3.05, 3.63) is 47.1 Å². The van der Waals surface area contributed by atoms with Crippen molar-refractivity contribution in [3.63, 3.8) is 0 Å². The average Bonchev–Trinajstić information content (AvgIpc) is 3.11. The average molecular weight is 327 g/mol. The van der Waals surface area contributed by atoms with Gasteiger partial charge in [0.2, 0.25) is 11.7 Å². The Hall–Kier alpha value is -2.67. The predicted molar refractivity (Wildman–Crippen MR) is 90.6 cm³/mol. The molecule has 7 nitrogen and oxygen atoms in total. The first-order valence-corrected chi connectivity index (χ1v) is 7.87. The van der Waals surface area contributed by atoms with E-state index in [1.165, 1.54) is 0 Å². The molecule has 0 atom stereocenters. The van der Waals surface area contributed by atoms with Crippen molar-refractivity contribution in [2.75, 3.05) is 11.9 Å². The fourth-order valence-corrected chi connectivity index (χ4v) is 2.68. The molecule has 24 heavy (non-hydrogen) atoms. The van der Waals surface area contributed by atoms with Gasteiger partial charge in [-0.15, -0.1) is 0 Å². The number of rotatable bonds is 6. The summed E-state index contributed by atoms with van der Waals surface area (Å²) in [5.41, 5.74) is 5.06. The second-order valence-corrected chi connectivity index (χ2v) is 5.67. The van der Waals surface area contributed by atoms with Crippen LogP contribution in [0, 0.1) is 20.8 Å². The molecule has 0 saturated carbocycles. The van der Waals surface area contributed by atoms with Crippen molar-refractivity contribution in [2.45, 2.75) is 33.9 Å². The number of hydrogen-bond donors (Lipinski definition) is 2. The van der Waals surface area contributed by atoms with Crippen molar-refractivity contribution in [3.8, 4) is 11.4 Å². The first-order chi connectivity index (χ1) is 11.6. The number of benzene rings is 1. The minimum Gasteiger partial charge on any atom is -0.394 e. The molecule has 2 aromatic heterocycles. The van der Waals surface area contributed by atoms with Crippen molar-refractivity contribution < 1.29 is 9.63 Å². The monoisotopic (exact) mass is 327 g/mol. The number of aromatic nitrogens is 4. The molecular formula is C17H21N5O2. The highest BCUT2D eigenvalue weighted by atomic mass is 16.5. The van der Waals surface area contributed by atoms with Crippen LogP contribution in [0.1, 0.15) is 22.8 Å². The summed E-state index contributed by atoms with van der Waals surface area (Å²) in [7, 11) is 0. The lowest BCUT2D eigenvalue weighted by Gasteiger charge is -2.08. The summed E-state index contributed by atoms with van der Waals surface area (Å²) in [4.78, 5) is 4.25. The van der Waals surface area contributed by atoms with Gasteiger partial charge in [0.05, 0.1) is 18.8 Å². The van der Waals surface area contributed by atoms with Gasteiger partial charge in [0.15, 0.2) is 0 Å². The zero-order chi connectivity index (χ0) is 17.1. The molecule has 2 heterocycles. The van der Waals surface area contributed by atoms with Crippen LogP contribution in [0.3, 0.4) is 0 Å². The van der Waals surface area contributed by atoms with E-state index in [1.807, 2.05) is 42.8 Å². The summed E-state index contributed by atoms with van der Waals surface area (Å²) in [6.07, 6.45) is 0. The van der Waals surface area contributed by atoms with Crippen LogP contribution in [-0.4, -0.2) is 31.6 Å². The standard InChI is InChI=1S/C17H21N5O2/c1-11-16(12(2)22(20-11)7-8-23)10-18-15-6-4-5-14(9-15)17-19-13(3)24-21-17/h4-6,9,18,23H,7-8,10H2,1-3H3. The van der Waals surface area contributed by atoms with Crippen LogP contribution in [0.25, 0.3) is 11.4 Å². The first-order valence-electron chi connectivity index (χ1n) is 7.87. The molecule has 7 heteroatoms. The topological polar surface area (TPSA) is 89.0 Å². The van der Waals surface area contributed by atoms with Crippen molar-refractivity contribution in [1.29, 1.82) is 0 Å². The molecule has 0 amide bonds. The molecule has 0 aliphatic carbocycles. The van der Waals surface area contributed by atoms with Crippen LogP contribution in [0.2, 0.25) is 0 Å². The van der Waals surface area contributed by atoms with E-state index in [0.29, 0.717) is 24.8 Å². The Morgan fingerprint density at radius 3 is 2.79 bits per heavy atom. The van der Waals surface area contributed by atoms with Crippen molar-refractivity contribution in [2.24, 2.45) is 0 Å². The highest BCUT2D eigenvalue weighted by Crippen LogP contribution is 2.21. The number of aliphatic hydroxyl groups is 1. The van der Waals surface area contributed by atoms with Gasteiger partial charge in [0.1, 0.15) is 0 Å². The van der Waals surface area contributed by atoms with Crippen LogP contribution in [0.4, 0.5) is 5.69 Å². The Bertz CT molecular complexity index is 837. The number of aryl methyl sites for hydroxylation is 2. The molecule has 2 N–H and O–H groups in total. The van der Waals surface area contributed by atoms with Crippen molar-refractivity contribution in [1.82, 2.24) is 19.9 Å². The van der Waals surface area contributed by atoms with Gasteiger partial charge in [-0.1, -0.05) is 17.3 Å². The first kappa shape index (κ1) is 16.2. The minimum absolute atomic E-state index is 0.0843. The number of nitrogens with one attached hydrogen (secondary N) is 1. The quantitative estimate of drug-likeness (QED) is 0.723. The van der Waals surface area contributed by atoms with Gasteiger partial charge in [-0.3, -0.25) is 4.68 Å². The van der Waals surface area contributed by atoms with Crippen LogP contribution < -0.4 is 5.32 Å². The molecule has 3 aromatic rings. The van der Waals surface area contributed by atoms with Crippen LogP contribution in [-0.2, 0) is 13.1 Å². The molecule has 0 aliphatic rings. The largest absolute Gasteiger partial charge is 0.394 e. The molecule has 3 rings (SSSR count). The number of nitrogens with zero attached hydrogens (tertiary/aromatic N) is 4. The summed E-state index contributed by atoms with van der Waals surface area (Å²) >= 11 is 0. The van der Waals surface area contributed by atoms with Gasteiger partial charge in [-0.05, 0) is 26.0 Å². The highest BCUT2D eigenvalue weighted by Gasteiger charge is 2.11. The van der Waals surface area contributed by atoms with Gasteiger partial charge in [0.25, 0.3) is 0 Å². The van der Waals surface area contributed by atoms with Gasteiger partial charge >= 0.3 is 0 Å². The van der Waals surface area contributed by atoms with Crippen molar-refractivity contribution >= 4 is 5.69 Å². The fourth-order valence-electron chi connectivity index (χ4n) is 2.68. The van der Waals surface area contributed by atoms with Crippen LogP contribution in [0.5, 0.6) is 0 Å². The lowest BCUT2D eigenvalue weighted by Crippen LogP contribution is -2.07. The maximum absolute atomic E-state index is 9.10. The molecule has 0 unspecified atom stereocenters. The second kappa shape index (κ2) is 6.84. The fraction of sp³-hybridized carbons (Fsp3) is 0.353. The summed E-state index contributed by atoms with van der Waals surface area (Å²) in [5, 5.41) is 20.9. The number of aliphatic hydroxyl groups excluding tert-OH is 1. The predicted octanol–water partition coefficient (Wildman–Crippen LogP) is 2.46. The third-order valence-corrected chi connectivity index (χ3v) is 3.96. The zero-order valence-corrected chi connectivity index (χ0v) is 14.1. The Labute approximate surface area is 140 Å². The third-order valence-electron chi connectivity index (χ3n) is 3.96. The molecule has 0 radical (unpaired) electrons. The molecule has 0 spiro atoms. The van der Waals surface area contributed by atoms with E-state index < -0.39 is 0 Å². The summed E-state index contributed by atoms with van der Waals surface area (Å²) in [5.74, 6) is 1.13. The number of hydrogen-bond acceptors (Lipinski definition) is 6. The minimum atomic E-state index is 0.0843. The molecule has 126 valence electrons. The normalized spacial score (nSPS) is 11.0. The van der Waals surface area contributed by atoms with Gasteiger partial charge in [0, 0.05) is 36.0 Å². The maximum atomic E-state index is 9.10. The van der Waals surface area contributed by atoms with E-state index >= 15 is 0 Å². The number of anilines is 1. The Balaban J connectivity index is 1.76. The van der Waals surface area contributed by atoms with E-state index in [2.05, 4.69) is 20.6 Å². The molecular weight excluding hydrogens is 306 g/mol.